The Bertz CT molecular complexity index is 821. The maximum atomic E-state index is 12.7. The van der Waals surface area contributed by atoms with Gasteiger partial charge in [0, 0.05) is 49.9 Å². The number of benzene rings is 2. The van der Waals surface area contributed by atoms with E-state index in [1.54, 1.807) is 4.90 Å². The molecule has 2 aromatic rings. The Balaban J connectivity index is 1.35. The van der Waals surface area contributed by atoms with Crippen LogP contribution in [0, 0.1) is 0 Å². The van der Waals surface area contributed by atoms with Crippen molar-refractivity contribution in [2.75, 3.05) is 24.5 Å². The van der Waals surface area contributed by atoms with Crippen LogP contribution in [0.2, 0.25) is 0 Å². The monoisotopic (exact) mass is 363 g/mol. The van der Waals surface area contributed by atoms with Crippen LogP contribution in [0.4, 0.5) is 5.69 Å². The fourth-order valence-corrected chi connectivity index (χ4v) is 3.94. The minimum atomic E-state index is -0.0601. The lowest BCUT2D eigenvalue weighted by Gasteiger charge is -2.18. The number of likely N-dealkylation sites (tertiary alicyclic amines) is 1. The first-order chi connectivity index (χ1) is 13.2. The van der Waals surface area contributed by atoms with Gasteiger partial charge in [0.25, 0.3) is 5.91 Å². The highest BCUT2D eigenvalue weighted by atomic mass is 16.2. The number of carbonyl (C=O) groups excluding carboxylic acids is 2. The molecule has 2 saturated heterocycles. The summed E-state index contributed by atoms with van der Waals surface area (Å²) in [5, 5.41) is 3.16. The molecule has 2 aliphatic rings. The molecular weight excluding hydrogens is 338 g/mol. The second-order valence-corrected chi connectivity index (χ2v) is 7.38. The van der Waals surface area contributed by atoms with Crippen LogP contribution in [-0.4, -0.2) is 42.4 Å². The number of anilines is 1. The van der Waals surface area contributed by atoms with Gasteiger partial charge in [-0.2, -0.15) is 0 Å². The molecule has 2 fully saturated rings. The van der Waals surface area contributed by atoms with Gasteiger partial charge < -0.3 is 10.2 Å². The summed E-state index contributed by atoms with van der Waals surface area (Å²) in [6.45, 7) is 3.51. The van der Waals surface area contributed by atoms with Gasteiger partial charge in [0.05, 0.1) is 0 Å². The zero-order valence-electron chi connectivity index (χ0n) is 15.4. The largest absolute Gasteiger partial charge is 0.348 e. The Morgan fingerprint density at radius 3 is 2.70 bits per heavy atom. The molecule has 5 heteroatoms. The molecule has 140 valence electrons. The maximum absolute atomic E-state index is 12.7. The molecule has 4 rings (SSSR count). The number of hydrogen-bond donors (Lipinski definition) is 1. The lowest BCUT2D eigenvalue weighted by atomic mass is 10.1. The molecule has 27 heavy (non-hydrogen) atoms. The summed E-state index contributed by atoms with van der Waals surface area (Å²) in [6.07, 6.45) is 2.44. The van der Waals surface area contributed by atoms with Crippen LogP contribution in [-0.2, 0) is 11.3 Å². The van der Waals surface area contributed by atoms with Crippen LogP contribution < -0.4 is 10.2 Å². The number of nitrogens with one attached hydrogen (secondary N) is 1. The first-order valence-electron chi connectivity index (χ1n) is 9.66. The molecule has 0 aromatic heterocycles. The van der Waals surface area contributed by atoms with Crippen molar-refractivity contribution in [3.05, 3.63) is 65.7 Å². The minimum absolute atomic E-state index is 0.0601. The van der Waals surface area contributed by atoms with Crippen molar-refractivity contribution in [2.45, 2.75) is 31.8 Å². The molecule has 5 nitrogen and oxygen atoms in total. The topological polar surface area (TPSA) is 52.7 Å². The molecule has 2 aromatic carbocycles. The molecule has 0 radical (unpaired) electrons. The van der Waals surface area contributed by atoms with E-state index in [1.807, 2.05) is 30.3 Å². The first kappa shape index (κ1) is 17.7. The van der Waals surface area contributed by atoms with Gasteiger partial charge in [-0.3, -0.25) is 14.5 Å². The van der Waals surface area contributed by atoms with Crippen molar-refractivity contribution in [1.29, 1.82) is 0 Å². The Morgan fingerprint density at radius 1 is 1.07 bits per heavy atom. The highest BCUT2D eigenvalue weighted by Gasteiger charge is 2.25. The van der Waals surface area contributed by atoms with Crippen LogP contribution in [0.3, 0.4) is 0 Å². The summed E-state index contributed by atoms with van der Waals surface area (Å²) in [7, 11) is 0. The average molecular weight is 363 g/mol. The molecule has 1 N–H and O–H groups in total. The summed E-state index contributed by atoms with van der Waals surface area (Å²) >= 11 is 0. The fourth-order valence-electron chi connectivity index (χ4n) is 3.94. The zero-order valence-corrected chi connectivity index (χ0v) is 15.4. The molecule has 2 amide bonds. The number of amides is 2. The molecule has 0 saturated carbocycles. The van der Waals surface area contributed by atoms with Gasteiger partial charge in [0.15, 0.2) is 0 Å². The maximum Gasteiger partial charge on any atom is 0.251 e. The lowest BCUT2D eigenvalue weighted by molar-refractivity contribution is -0.117. The van der Waals surface area contributed by atoms with E-state index in [0.717, 1.165) is 44.7 Å². The van der Waals surface area contributed by atoms with Crippen molar-refractivity contribution in [3.8, 4) is 0 Å². The van der Waals surface area contributed by atoms with Gasteiger partial charge in [0.1, 0.15) is 0 Å². The average Bonchev–Trinajstić information content (AvgIpc) is 3.31. The summed E-state index contributed by atoms with van der Waals surface area (Å²) in [6, 6.07) is 18.0. The lowest BCUT2D eigenvalue weighted by Crippen LogP contribution is -2.37. The number of nitrogens with zero attached hydrogens (tertiary/aromatic N) is 2. The first-order valence-corrected chi connectivity index (χ1v) is 9.66. The Labute approximate surface area is 160 Å². The third-order valence-corrected chi connectivity index (χ3v) is 5.35. The van der Waals surface area contributed by atoms with E-state index >= 15 is 0 Å². The molecule has 0 bridgehead atoms. The predicted molar refractivity (Wildman–Crippen MR) is 106 cm³/mol. The molecule has 0 aliphatic carbocycles. The van der Waals surface area contributed by atoms with Crippen LogP contribution in [0.25, 0.3) is 0 Å². The summed E-state index contributed by atoms with van der Waals surface area (Å²) < 4.78 is 0. The Hall–Kier alpha value is -2.66. The molecule has 1 unspecified atom stereocenters. The van der Waals surface area contributed by atoms with E-state index in [1.165, 1.54) is 5.56 Å². The van der Waals surface area contributed by atoms with E-state index in [4.69, 9.17) is 0 Å². The van der Waals surface area contributed by atoms with Gasteiger partial charge in [-0.1, -0.05) is 36.4 Å². The Kier molecular flexibility index (Phi) is 5.21. The minimum Gasteiger partial charge on any atom is -0.348 e. The van der Waals surface area contributed by atoms with Gasteiger partial charge >= 0.3 is 0 Å². The summed E-state index contributed by atoms with van der Waals surface area (Å²) in [4.78, 5) is 28.8. The van der Waals surface area contributed by atoms with Gasteiger partial charge in [-0.05, 0) is 36.6 Å². The normalized spacial score (nSPS) is 20.2. The van der Waals surface area contributed by atoms with Crippen LogP contribution in [0.1, 0.15) is 35.2 Å². The highest BCUT2D eigenvalue weighted by molar-refractivity contribution is 5.99. The standard InChI is InChI=1S/C22H25N3O2/c26-21-10-5-12-25(21)20-9-4-8-18(14-20)22(27)23-19-11-13-24(16-19)15-17-6-2-1-3-7-17/h1-4,6-9,14,19H,5,10-13,15-16H2,(H,23,27). The van der Waals surface area contributed by atoms with Gasteiger partial charge in [-0.15, -0.1) is 0 Å². The second kappa shape index (κ2) is 7.92. The van der Waals surface area contributed by atoms with Crippen molar-refractivity contribution in [3.63, 3.8) is 0 Å². The van der Waals surface area contributed by atoms with Gasteiger partial charge in [-0.25, -0.2) is 0 Å². The van der Waals surface area contributed by atoms with Crippen LogP contribution in [0.5, 0.6) is 0 Å². The van der Waals surface area contributed by atoms with Gasteiger partial charge in [0.2, 0.25) is 5.91 Å². The molecule has 2 aliphatic heterocycles. The van der Waals surface area contributed by atoms with Crippen molar-refractivity contribution < 1.29 is 9.59 Å². The zero-order chi connectivity index (χ0) is 18.6. The van der Waals surface area contributed by atoms with E-state index in [-0.39, 0.29) is 17.9 Å². The molecule has 2 heterocycles. The van der Waals surface area contributed by atoms with Crippen LogP contribution in [0.15, 0.2) is 54.6 Å². The predicted octanol–water partition coefficient (Wildman–Crippen LogP) is 2.82. The van der Waals surface area contributed by atoms with Crippen molar-refractivity contribution in [1.82, 2.24) is 10.2 Å². The molecule has 1 atom stereocenters. The quantitative estimate of drug-likeness (QED) is 0.889. The third kappa shape index (κ3) is 4.19. The third-order valence-electron chi connectivity index (χ3n) is 5.35. The Morgan fingerprint density at radius 2 is 1.93 bits per heavy atom. The SMILES string of the molecule is O=C(NC1CCN(Cc2ccccc2)C1)c1cccc(N2CCCC2=O)c1. The van der Waals surface area contributed by atoms with Crippen molar-refractivity contribution in [2.24, 2.45) is 0 Å². The van der Waals surface area contributed by atoms with Crippen molar-refractivity contribution >= 4 is 17.5 Å². The molecular formula is C22H25N3O2. The highest BCUT2D eigenvalue weighted by Crippen LogP contribution is 2.22. The summed E-state index contributed by atoms with van der Waals surface area (Å²) in [5.41, 5.74) is 2.74. The van der Waals surface area contributed by atoms with Crippen LogP contribution >= 0.6 is 0 Å². The molecule has 0 spiro atoms. The number of carbonyl (C=O) groups is 2. The summed E-state index contributed by atoms with van der Waals surface area (Å²) in [5.74, 6) is 0.0787. The van der Waals surface area contributed by atoms with E-state index in [0.29, 0.717) is 12.0 Å². The smallest absolute Gasteiger partial charge is 0.251 e. The van der Waals surface area contributed by atoms with E-state index in [9.17, 15) is 9.59 Å². The number of hydrogen-bond acceptors (Lipinski definition) is 3. The van der Waals surface area contributed by atoms with E-state index in [2.05, 4.69) is 34.5 Å². The second-order valence-electron chi connectivity index (χ2n) is 7.38. The fraction of sp³-hybridized carbons (Fsp3) is 0.364. The number of rotatable bonds is 5. The van der Waals surface area contributed by atoms with E-state index < -0.39 is 0 Å².